The first kappa shape index (κ1) is 27.0. The molecule has 0 radical (unpaired) electrons. The molecular weight excluding hydrogens is 522 g/mol. The summed E-state index contributed by atoms with van der Waals surface area (Å²) in [5, 5.41) is 1.89. The fourth-order valence-corrected chi connectivity index (χ4v) is 5.05. The SMILES string of the molecule is CSC(Cc1ccc(OCc2nc3ccc(Oc4ccc(-c5ccccc5)cc4)cc3n2C)cc1)C(=O)NC=O. The zero-order valence-corrected chi connectivity index (χ0v) is 23.1. The Morgan fingerprint density at radius 3 is 2.30 bits per heavy atom. The van der Waals surface area contributed by atoms with Crippen molar-refractivity contribution < 1.29 is 19.1 Å². The average molecular weight is 552 g/mol. The first-order valence-electron chi connectivity index (χ1n) is 12.8. The topological polar surface area (TPSA) is 82.4 Å². The highest BCUT2D eigenvalue weighted by Crippen LogP contribution is 2.28. The summed E-state index contributed by atoms with van der Waals surface area (Å²) >= 11 is 1.41. The smallest absolute Gasteiger partial charge is 0.239 e. The Bertz CT molecular complexity index is 1600. The zero-order chi connectivity index (χ0) is 27.9. The predicted octanol–water partition coefficient (Wildman–Crippen LogP) is 6.16. The molecule has 1 atom stereocenters. The van der Waals surface area contributed by atoms with Crippen molar-refractivity contribution in [3.05, 3.63) is 108 Å². The lowest BCUT2D eigenvalue weighted by Crippen LogP contribution is -2.32. The van der Waals surface area contributed by atoms with Crippen LogP contribution in [0, 0.1) is 0 Å². The minimum Gasteiger partial charge on any atom is -0.486 e. The Morgan fingerprint density at radius 2 is 1.60 bits per heavy atom. The number of amides is 2. The Kier molecular flexibility index (Phi) is 8.47. The summed E-state index contributed by atoms with van der Waals surface area (Å²) in [4.78, 5) is 27.3. The number of aryl methyl sites for hydroxylation is 1. The second kappa shape index (κ2) is 12.5. The van der Waals surface area contributed by atoms with Crippen molar-refractivity contribution in [2.24, 2.45) is 7.05 Å². The van der Waals surface area contributed by atoms with Crippen molar-refractivity contribution >= 4 is 35.1 Å². The summed E-state index contributed by atoms with van der Waals surface area (Å²) in [6.45, 7) is 0.302. The van der Waals surface area contributed by atoms with Crippen LogP contribution < -0.4 is 14.8 Å². The third-order valence-corrected chi connectivity index (χ3v) is 7.58. The molecule has 202 valence electrons. The van der Waals surface area contributed by atoms with Gasteiger partial charge in [0.25, 0.3) is 0 Å². The lowest BCUT2D eigenvalue weighted by atomic mass is 10.1. The van der Waals surface area contributed by atoms with Crippen LogP contribution in [0.4, 0.5) is 0 Å². The van der Waals surface area contributed by atoms with Crippen molar-refractivity contribution in [3.63, 3.8) is 0 Å². The maximum atomic E-state index is 12.0. The highest BCUT2D eigenvalue weighted by Gasteiger charge is 2.17. The standard InChI is InChI=1S/C32H29N3O4S/c1-35-29-19-27(39-26-14-10-24(11-15-26)23-6-4-3-5-7-23)16-17-28(29)34-31(35)20-38-25-12-8-22(9-13-25)18-30(40-2)32(37)33-21-36/h3-17,19,21,30H,18,20H2,1-2H3,(H,33,36,37). The van der Waals surface area contributed by atoms with Crippen LogP contribution in [0.5, 0.6) is 17.2 Å². The number of imide groups is 1. The van der Waals surface area contributed by atoms with Gasteiger partial charge < -0.3 is 14.0 Å². The van der Waals surface area contributed by atoms with E-state index >= 15 is 0 Å². The van der Waals surface area contributed by atoms with E-state index < -0.39 is 0 Å². The fourth-order valence-electron chi connectivity index (χ4n) is 4.41. The summed E-state index contributed by atoms with van der Waals surface area (Å²) in [7, 11) is 1.96. The normalized spacial score (nSPS) is 11.7. The number of nitrogens with zero attached hydrogens (tertiary/aromatic N) is 2. The van der Waals surface area contributed by atoms with Gasteiger partial charge in [0.05, 0.1) is 16.3 Å². The molecule has 0 aliphatic rings. The van der Waals surface area contributed by atoms with Gasteiger partial charge in [0, 0.05) is 13.1 Å². The van der Waals surface area contributed by atoms with Crippen LogP contribution in [-0.4, -0.2) is 33.4 Å². The minimum absolute atomic E-state index is 0.292. The quantitative estimate of drug-likeness (QED) is 0.198. The lowest BCUT2D eigenvalue weighted by molar-refractivity contribution is -0.124. The molecule has 0 aliphatic carbocycles. The van der Waals surface area contributed by atoms with Crippen LogP contribution in [0.3, 0.4) is 0 Å². The number of carbonyl (C=O) groups excluding carboxylic acids is 2. The molecule has 5 rings (SSSR count). The van der Waals surface area contributed by atoms with Crippen LogP contribution in [0.2, 0.25) is 0 Å². The highest BCUT2D eigenvalue weighted by atomic mass is 32.2. The van der Waals surface area contributed by atoms with Crippen molar-refractivity contribution in [1.29, 1.82) is 0 Å². The molecule has 1 aromatic heterocycles. The molecular formula is C32H29N3O4S. The molecule has 0 bridgehead atoms. The molecule has 0 saturated carbocycles. The summed E-state index contributed by atoms with van der Waals surface area (Å²) in [5.41, 5.74) is 5.10. The predicted molar refractivity (Wildman–Crippen MR) is 159 cm³/mol. The van der Waals surface area contributed by atoms with Crippen molar-refractivity contribution in [2.75, 3.05) is 6.26 Å². The first-order chi connectivity index (χ1) is 19.5. The summed E-state index contributed by atoms with van der Waals surface area (Å²) < 4.78 is 14.1. The minimum atomic E-state index is -0.334. The van der Waals surface area contributed by atoms with Gasteiger partial charge in [-0.1, -0.05) is 54.6 Å². The van der Waals surface area contributed by atoms with Gasteiger partial charge in [0.1, 0.15) is 29.7 Å². The van der Waals surface area contributed by atoms with Crippen LogP contribution in [0.1, 0.15) is 11.4 Å². The van der Waals surface area contributed by atoms with E-state index in [1.807, 2.05) is 90.7 Å². The summed E-state index contributed by atoms with van der Waals surface area (Å²) in [6, 6.07) is 31.8. The van der Waals surface area contributed by atoms with Gasteiger partial charge in [-0.25, -0.2) is 4.98 Å². The maximum Gasteiger partial charge on any atom is 0.239 e. The van der Waals surface area contributed by atoms with Gasteiger partial charge in [-0.15, -0.1) is 0 Å². The van der Waals surface area contributed by atoms with Crippen LogP contribution in [-0.2, 0) is 29.7 Å². The Hall–Kier alpha value is -4.56. The molecule has 4 aromatic carbocycles. The molecule has 40 heavy (non-hydrogen) atoms. The van der Waals surface area contributed by atoms with Crippen LogP contribution in [0.15, 0.2) is 97.1 Å². The van der Waals surface area contributed by atoms with Crippen molar-refractivity contribution in [1.82, 2.24) is 14.9 Å². The summed E-state index contributed by atoms with van der Waals surface area (Å²) in [5.74, 6) is 2.70. The Balaban J connectivity index is 1.22. The van der Waals surface area contributed by atoms with E-state index in [-0.39, 0.29) is 11.2 Å². The van der Waals surface area contributed by atoms with E-state index in [2.05, 4.69) is 29.6 Å². The molecule has 1 N–H and O–H groups in total. The third kappa shape index (κ3) is 6.35. The molecule has 0 fully saturated rings. The van der Waals surface area contributed by atoms with Crippen LogP contribution >= 0.6 is 11.8 Å². The van der Waals surface area contributed by atoms with E-state index in [0.29, 0.717) is 25.2 Å². The number of ether oxygens (including phenoxy) is 2. The number of hydrogen-bond acceptors (Lipinski definition) is 6. The van der Waals surface area contributed by atoms with E-state index in [0.717, 1.165) is 39.5 Å². The van der Waals surface area contributed by atoms with Gasteiger partial charge in [0.15, 0.2) is 0 Å². The molecule has 0 saturated heterocycles. The van der Waals surface area contributed by atoms with Gasteiger partial charge in [-0.05, 0) is 65.8 Å². The van der Waals surface area contributed by atoms with E-state index in [9.17, 15) is 9.59 Å². The number of rotatable bonds is 11. The molecule has 2 amide bonds. The van der Waals surface area contributed by atoms with Crippen molar-refractivity contribution in [3.8, 4) is 28.4 Å². The van der Waals surface area contributed by atoms with E-state index in [1.165, 1.54) is 17.3 Å². The number of benzene rings is 4. The molecule has 8 heteroatoms. The number of carbonyl (C=O) groups is 2. The zero-order valence-electron chi connectivity index (χ0n) is 22.2. The third-order valence-electron chi connectivity index (χ3n) is 6.63. The lowest BCUT2D eigenvalue weighted by Gasteiger charge is -2.13. The van der Waals surface area contributed by atoms with Gasteiger partial charge in [0.2, 0.25) is 12.3 Å². The number of nitrogens with one attached hydrogen (secondary N) is 1. The van der Waals surface area contributed by atoms with Gasteiger partial charge >= 0.3 is 0 Å². The molecule has 0 spiro atoms. The monoisotopic (exact) mass is 551 g/mol. The molecule has 1 unspecified atom stereocenters. The van der Waals surface area contributed by atoms with E-state index in [4.69, 9.17) is 14.5 Å². The van der Waals surface area contributed by atoms with Crippen molar-refractivity contribution in [2.45, 2.75) is 18.3 Å². The molecule has 5 aromatic rings. The number of thioether (sulfide) groups is 1. The molecule has 0 aliphatic heterocycles. The number of fused-ring (bicyclic) bond motifs is 1. The largest absolute Gasteiger partial charge is 0.486 e. The van der Waals surface area contributed by atoms with Gasteiger partial charge in [-0.2, -0.15) is 11.8 Å². The number of imidazole rings is 1. The Morgan fingerprint density at radius 1 is 0.925 bits per heavy atom. The van der Waals surface area contributed by atoms with E-state index in [1.54, 1.807) is 0 Å². The van der Waals surface area contributed by atoms with Gasteiger partial charge in [-0.3, -0.25) is 14.9 Å². The fraction of sp³-hybridized carbons (Fsp3) is 0.156. The average Bonchev–Trinajstić information content (AvgIpc) is 3.31. The first-order valence-corrected chi connectivity index (χ1v) is 14.1. The summed E-state index contributed by atoms with van der Waals surface area (Å²) in [6.07, 6.45) is 2.79. The number of aromatic nitrogens is 2. The second-order valence-corrected chi connectivity index (χ2v) is 10.3. The maximum absolute atomic E-state index is 12.0. The molecule has 7 nitrogen and oxygen atoms in total. The number of hydrogen-bond donors (Lipinski definition) is 1. The second-order valence-electron chi connectivity index (χ2n) is 9.22. The Labute approximate surface area is 237 Å². The highest BCUT2D eigenvalue weighted by molar-refractivity contribution is 7.99. The molecule has 1 heterocycles. The van der Waals surface area contributed by atoms with Crippen LogP contribution in [0.25, 0.3) is 22.2 Å².